The molecule has 0 heterocycles. The molecular formula is C12H15NO3S. The smallest absolute Gasteiger partial charge is 0.325 e. The summed E-state index contributed by atoms with van der Waals surface area (Å²) in [4.78, 5) is 23.2. The number of hydrogen-bond acceptors (Lipinski definition) is 3. The normalized spacial score (nSPS) is 11.9. The van der Waals surface area contributed by atoms with E-state index in [1.54, 1.807) is 11.8 Å². The van der Waals surface area contributed by atoms with Crippen LogP contribution in [0.25, 0.3) is 0 Å². The van der Waals surface area contributed by atoms with Gasteiger partial charge in [-0.05, 0) is 30.9 Å². The maximum atomic E-state index is 11.5. The molecule has 1 aromatic carbocycles. The van der Waals surface area contributed by atoms with Crippen molar-refractivity contribution in [3.05, 3.63) is 29.8 Å². The Morgan fingerprint density at radius 2 is 1.94 bits per heavy atom. The van der Waals surface area contributed by atoms with Crippen LogP contribution in [-0.2, 0) is 16.0 Å². The fourth-order valence-electron chi connectivity index (χ4n) is 1.28. The molecule has 17 heavy (non-hydrogen) atoms. The van der Waals surface area contributed by atoms with Gasteiger partial charge in [0.1, 0.15) is 6.04 Å². The van der Waals surface area contributed by atoms with E-state index in [1.807, 2.05) is 30.5 Å². The topological polar surface area (TPSA) is 66.4 Å². The van der Waals surface area contributed by atoms with E-state index in [-0.39, 0.29) is 12.3 Å². The Morgan fingerprint density at radius 1 is 1.35 bits per heavy atom. The van der Waals surface area contributed by atoms with Gasteiger partial charge in [0.15, 0.2) is 0 Å². The second-order valence-electron chi connectivity index (χ2n) is 3.65. The largest absolute Gasteiger partial charge is 0.480 e. The number of amides is 1. The Labute approximate surface area is 104 Å². The molecule has 2 N–H and O–H groups in total. The van der Waals surface area contributed by atoms with Crippen LogP contribution < -0.4 is 5.32 Å². The maximum absolute atomic E-state index is 11.5. The summed E-state index contributed by atoms with van der Waals surface area (Å²) in [6, 6.07) is 6.77. The molecule has 0 aliphatic carbocycles. The predicted molar refractivity (Wildman–Crippen MR) is 67.2 cm³/mol. The highest BCUT2D eigenvalue weighted by atomic mass is 32.2. The van der Waals surface area contributed by atoms with Gasteiger partial charge >= 0.3 is 5.97 Å². The van der Waals surface area contributed by atoms with E-state index in [0.29, 0.717) is 0 Å². The van der Waals surface area contributed by atoms with Crippen LogP contribution in [0.15, 0.2) is 29.2 Å². The summed E-state index contributed by atoms with van der Waals surface area (Å²) in [5, 5.41) is 11.1. The van der Waals surface area contributed by atoms with Gasteiger partial charge in [-0.25, -0.2) is 0 Å². The first kappa shape index (κ1) is 13.6. The average molecular weight is 253 g/mol. The Bertz CT molecular complexity index is 403. The van der Waals surface area contributed by atoms with Crippen molar-refractivity contribution in [2.75, 3.05) is 6.26 Å². The standard InChI is InChI=1S/C12H15NO3S/c1-8(12(15)16)13-11(14)7-9-3-5-10(17-2)6-4-9/h3-6,8H,7H2,1-2H3,(H,13,14)(H,15,16). The Kier molecular flexibility index (Phi) is 5.03. The number of carbonyl (C=O) groups excluding carboxylic acids is 1. The molecule has 0 fully saturated rings. The lowest BCUT2D eigenvalue weighted by atomic mass is 10.1. The molecule has 0 spiro atoms. The highest BCUT2D eigenvalue weighted by Crippen LogP contribution is 2.14. The fourth-order valence-corrected chi connectivity index (χ4v) is 1.69. The minimum Gasteiger partial charge on any atom is -0.480 e. The van der Waals surface area contributed by atoms with Crippen molar-refractivity contribution in [3.63, 3.8) is 0 Å². The molecule has 1 aromatic rings. The third kappa shape index (κ3) is 4.48. The lowest BCUT2D eigenvalue weighted by Gasteiger charge is -2.09. The number of rotatable bonds is 5. The number of nitrogens with one attached hydrogen (secondary N) is 1. The van der Waals surface area contributed by atoms with Gasteiger partial charge < -0.3 is 10.4 Å². The van der Waals surface area contributed by atoms with Gasteiger partial charge in [-0.2, -0.15) is 0 Å². The van der Waals surface area contributed by atoms with E-state index in [2.05, 4.69) is 5.32 Å². The summed E-state index contributed by atoms with van der Waals surface area (Å²) in [5.41, 5.74) is 0.873. The van der Waals surface area contributed by atoms with Crippen molar-refractivity contribution in [1.82, 2.24) is 5.32 Å². The van der Waals surface area contributed by atoms with Gasteiger partial charge in [-0.15, -0.1) is 11.8 Å². The van der Waals surface area contributed by atoms with E-state index in [4.69, 9.17) is 5.11 Å². The molecule has 92 valence electrons. The maximum Gasteiger partial charge on any atom is 0.325 e. The third-order valence-corrected chi connectivity index (χ3v) is 3.02. The molecule has 1 amide bonds. The zero-order valence-electron chi connectivity index (χ0n) is 9.77. The molecule has 0 saturated carbocycles. The number of carboxylic acid groups (broad SMARTS) is 1. The van der Waals surface area contributed by atoms with E-state index >= 15 is 0 Å². The highest BCUT2D eigenvalue weighted by molar-refractivity contribution is 7.98. The number of aliphatic carboxylic acids is 1. The molecule has 1 unspecified atom stereocenters. The van der Waals surface area contributed by atoms with Crippen LogP contribution in [0.4, 0.5) is 0 Å². The Balaban J connectivity index is 2.53. The first-order valence-corrected chi connectivity index (χ1v) is 6.40. The molecule has 1 rings (SSSR count). The summed E-state index contributed by atoms with van der Waals surface area (Å²) >= 11 is 1.63. The van der Waals surface area contributed by atoms with E-state index in [1.165, 1.54) is 6.92 Å². The molecule has 0 aliphatic heterocycles. The van der Waals surface area contributed by atoms with Crippen LogP contribution in [0.5, 0.6) is 0 Å². The van der Waals surface area contributed by atoms with Crippen molar-refractivity contribution >= 4 is 23.6 Å². The minimum absolute atomic E-state index is 0.201. The molecule has 0 bridgehead atoms. The number of thioether (sulfide) groups is 1. The van der Waals surface area contributed by atoms with E-state index < -0.39 is 12.0 Å². The number of carboxylic acids is 1. The van der Waals surface area contributed by atoms with Gasteiger partial charge in [0.2, 0.25) is 5.91 Å². The van der Waals surface area contributed by atoms with Crippen LogP contribution in [0.1, 0.15) is 12.5 Å². The molecule has 0 radical (unpaired) electrons. The Morgan fingerprint density at radius 3 is 2.41 bits per heavy atom. The van der Waals surface area contributed by atoms with Crippen LogP contribution >= 0.6 is 11.8 Å². The van der Waals surface area contributed by atoms with Gasteiger partial charge in [-0.3, -0.25) is 9.59 Å². The summed E-state index contributed by atoms with van der Waals surface area (Å²) in [5.74, 6) is -1.31. The van der Waals surface area contributed by atoms with E-state index in [0.717, 1.165) is 10.5 Å². The third-order valence-electron chi connectivity index (χ3n) is 2.27. The van der Waals surface area contributed by atoms with Crippen LogP contribution in [0.2, 0.25) is 0 Å². The second kappa shape index (κ2) is 6.30. The van der Waals surface area contributed by atoms with E-state index in [9.17, 15) is 9.59 Å². The lowest BCUT2D eigenvalue weighted by Crippen LogP contribution is -2.39. The van der Waals surface area contributed by atoms with Gasteiger partial charge in [-0.1, -0.05) is 12.1 Å². The lowest BCUT2D eigenvalue weighted by molar-refractivity contribution is -0.141. The van der Waals surface area contributed by atoms with Gasteiger partial charge in [0.05, 0.1) is 6.42 Å². The first-order chi connectivity index (χ1) is 8.02. The van der Waals surface area contributed by atoms with Gasteiger partial charge in [0.25, 0.3) is 0 Å². The minimum atomic E-state index is -1.03. The quantitative estimate of drug-likeness (QED) is 0.781. The number of hydrogen-bond donors (Lipinski definition) is 2. The number of benzene rings is 1. The summed E-state index contributed by atoms with van der Waals surface area (Å²) in [7, 11) is 0. The second-order valence-corrected chi connectivity index (χ2v) is 4.53. The molecule has 0 saturated heterocycles. The SMILES string of the molecule is CSc1ccc(CC(=O)NC(C)C(=O)O)cc1. The summed E-state index contributed by atoms with van der Waals surface area (Å²) in [6.07, 6.45) is 2.18. The van der Waals surface area contributed by atoms with Crippen molar-refractivity contribution in [2.24, 2.45) is 0 Å². The molecule has 0 aliphatic rings. The van der Waals surface area contributed by atoms with Crippen molar-refractivity contribution in [1.29, 1.82) is 0 Å². The van der Waals surface area contributed by atoms with Crippen LogP contribution in [-0.4, -0.2) is 29.3 Å². The fraction of sp³-hybridized carbons (Fsp3) is 0.333. The molecule has 1 atom stereocenters. The zero-order chi connectivity index (χ0) is 12.8. The molecular weight excluding hydrogens is 238 g/mol. The summed E-state index contributed by atoms with van der Waals surface area (Å²) in [6.45, 7) is 1.44. The average Bonchev–Trinajstić information content (AvgIpc) is 2.29. The van der Waals surface area contributed by atoms with Crippen molar-refractivity contribution < 1.29 is 14.7 Å². The summed E-state index contributed by atoms with van der Waals surface area (Å²) < 4.78 is 0. The van der Waals surface area contributed by atoms with Crippen molar-refractivity contribution in [3.8, 4) is 0 Å². The van der Waals surface area contributed by atoms with Crippen LogP contribution in [0, 0.1) is 0 Å². The Hall–Kier alpha value is -1.49. The number of carbonyl (C=O) groups is 2. The monoisotopic (exact) mass is 253 g/mol. The predicted octanol–water partition coefficient (Wildman–Crippen LogP) is 1.54. The van der Waals surface area contributed by atoms with Crippen molar-refractivity contribution in [2.45, 2.75) is 24.3 Å². The van der Waals surface area contributed by atoms with Crippen LogP contribution in [0.3, 0.4) is 0 Å². The van der Waals surface area contributed by atoms with Gasteiger partial charge in [0, 0.05) is 4.90 Å². The zero-order valence-corrected chi connectivity index (χ0v) is 10.6. The highest BCUT2D eigenvalue weighted by Gasteiger charge is 2.13. The molecule has 0 aromatic heterocycles. The molecule has 5 heteroatoms. The molecule has 4 nitrogen and oxygen atoms in total. The first-order valence-electron chi connectivity index (χ1n) is 5.18.